The van der Waals surface area contributed by atoms with Crippen molar-refractivity contribution in [1.29, 1.82) is 5.26 Å². The van der Waals surface area contributed by atoms with Crippen LogP contribution in [0.3, 0.4) is 0 Å². The van der Waals surface area contributed by atoms with E-state index < -0.39 is 21.9 Å². The van der Waals surface area contributed by atoms with Gasteiger partial charge in [0.25, 0.3) is 15.9 Å². The number of rotatable bonds is 6. The highest BCUT2D eigenvalue weighted by molar-refractivity contribution is 7.92. The summed E-state index contributed by atoms with van der Waals surface area (Å²) in [5.41, 5.74) is 1.08. The van der Waals surface area contributed by atoms with Crippen molar-refractivity contribution in [2.75, 3.05) is 22.7 Å². The molecule has 4 rings (SSSR count). The molecular weight excluding hydrogens is 440 g/mol. The second-order valence-corrected chi connectivity index (χ2v) is 9.78. The first-order valence-electron chi connectivity index (χ1n) is 10.2. The third-order valence-electron chi connectivity index (χ3n) is 5.77. The predicted octanol–water partition coefficient (Wildman–Crippen LogP) is 4.17. The van der Waals surface area contributed by atoms with Crippen molar-refractivity contribution >= 4 is 27.4 Å². The Morgan fingerprint density at radius 2 is 1.84 bits per heavy atom. The van der Waals surface area contributed by atoms with Gasteiger partial charge >= 0.3 is 5.97 Å². The molecule has 0 bridgehead atoms. The Kier molecular flexibility index (Phi) is 5.54. The Hall–Kier alpha value is -3.19. The average molecular weight is 461 g/mol. The van der Waals surface area contributed by atoms with Crippen molar-refractivity contribution in [1.82, 2.24) is 0 Å². The normalized spacial score (nSPS) is 18.1. The van der Waals surface area contributed by atoms with Crippen LogP contribution in [0.1, 0.15) is 53.1 Å². The van der Waals surface area contributed by atoms with E-state index in [9.17, 15) is 32.4 Å². The van der Waals surface area contributed by atoms with E-state index in [2.05, 4.69) is 4.72 Å². The predicted molar refractivity (Wildman–Crippen MR) is 114 cm³/mol. The van der Waals surface area contributed by atoms with Crippen LogP contribution in [0.15, 0.2) is 41.3 Å². The quantitative estimate of drug-likeness (QED) is 0.668. The number of anilines is 2. The van der Waals surface area contributed by atoms with E-state index in [1.807, 2.05) is 6.07 Å². The Balaban J connectivity index is 1.73. The fourth-order valence-corrected chi connectivity index (χ4v) is 5.26. The van der Waals surface area contributed by atoms with Gasteiger partial charge in [-0.25, -0.2) is 22.0 Å². The number of halogens is 2. The number of carbonyl (C=O) groups is 1. The summed E-state index contributed by atoms with van der Waals surface area (Å²) >= 11 is 0. The number of carboxylic acid groups (broad SMARTS) is 1. The molecule has 0 unspecified atom stereocenters. The minimum absolute atomic E-state index is 0.0372. The van der Waals surface area contributed by atoms with Gasteiger partial charge in [-0.05, 0) is 54.7 Å². The smallest absolute Gasteiger partial charge is 0.335 e. The summed E-state index contributed by atoms with van der Waals surface area (Å²) in [5, 5.41) is 18.6. The molecule has 168 valence electrons. The van der Waals surface area contributed by atoms with Crippen molar-refractivity contribution in [2.24, 2.45) is 0 Å². The van der Waals surface area contributed by atoms with Gasteiger partial charge in [0.05, 0.1) is 33.5 Å². The van der Waals surface area contributed by atoms with Crippen LogP contribution in [-0.2, 0) is 10.0 Å². The summed E-state index contributed by atoms with van der Waals surface area (Å²) in [6.07, 6.45) is 0.912. The van der Waals surface area contributed by atoms with Gasteiger partial charge in [-0.15, -0.1) is 0 Å². The summed E-state index contributed by atoms with van der Waals surface area (Å²) in [6.45, 7) is 0.0743. The first-order chi connectivity index (χ1) is 15.1. The van der Waals surface area contributed by atoms with E-state index in [1.165, 1.54) is 30.3 Å². The summed E-state index contributed by atoms with van der Waals surface area (Å²) in [4.78, 5) is 12.9. The third kappa shape index (κ3) is 4.53. The van der Waals surface area contributed by atoms with E-state index >= 15 is 0 Å². The van der Waals surface area contributed by atoms with Crippen molar-refractivity contribution in [3.05, 3.63) is 53.1 Å². The molecule has 0 radical (unpaired) electrons. The molecule has 32 heavy (non-hydrogen) atoms. The van der Waals surface area contributed by atoms with Crippen LogP contribution in [0.4, 0.5) is 20.2 Å². The zero-order chi connectivity index (χ0) is 23.1. The Morgan fingerprint density at radius 1 is 1.16 bits per heavy atom. The van der Waals surface area contributed by atoms with Crippen LogP contribution in [-0.4, -0.2) is 38.5 Å². The molecule has 0 spiro atoms. The largest absolute Gasteiger partial charge is 0.478 e. The van der Waals surface area contributed by atoms with Crippen LogP contribution in [0.25, 0.3) is 0 Å². The molecule has 1 saturated carbocycles. The minimum atomic E-state index is -4.21. The maximum absolute atomic E-state index is 13.6. The number of carboxylic acids is 1. The molecule has 0 aromatic heterocycles. The summed E-state index contributed by atoms with van der Waals surface area (Å²) in [5.74, 6) is -3.97. The molecule has 1 saturated heterocycles. The van der Waals surface area contributed by atoms with Crippen LogP contribution < -0.4 is 9.62 Å². The summed E-state index contributed by atoms with van der Waals surface area (Å²) < 4.78 is 56.4. The molecule has 2 aliphatic rings. The fraction of sp³-hybridized carbons (Fsp3) is 0.364. The highest BCUT2D eigenvalue weighted by atomic mass is 32.2. The lowest BCUT2D eigenvalue weighted by atomic mass is 10.1. The molecule has 2 aromatic carbocycles. The van der Waals surface area contributed by atoms with Gasteiger partial charge in [-0.2, -0.15) is 5.26 Å². The molecule has 0 atom stereocenters. The topological polar surface area (TPSA) is 111 Å². The number of sulfonamides is 1. The molecule has 7 nitrogen and oxygen atoms in total. The Labute approximate surface area is 184 Å². The zero-order valence-electron chi connectivity index (χ0n) is 17.0. The maximum atomic E-state index is 13.6. The van der Waals surface area contributed by atoms with Gasteiger partial charge in [0.2, 0.25) is 0 Å². The zero-order valence-corrected chi connectivity index (χ0v) is 17.8. The molecule has 2 N–H and O–H groups in total. The fourth-order valence-electron chi connectivity index (χ4n) is 3.87. The molecule has 2 aromatic rings. The van der Waals surface area contributed by atoms with Gasteiger partial charge in [-0.3, -0.25) is 4.72 Å². The monoisotopic (exact) mass is 461 g/mol. The van der Waals surface area contributed by atoms with Crippen molar-refractivity contribution in [3.63, 3.8) is 0 Å². The van der Waals surface area contributed by atoms with Crippen molar-refractivity contribution in [3.8, 4) is 6.07 Å². The molecule has 10 heteroatoms. The molecule has 2 fully saturated rings. The van der Waals surface area contributed by atoms with Crippen LogP contribution in [0, 0.1) is 11.3 Å². The van der Waals surface area contributed by atoms with E-state index in [1.54, 1.807) is 4.90 Å². The van der Waals surface area contributed by atoms with E-state index in [0.29, 0.717) is 11.3 Å². The first kappa shape index (κ1) is 22.0. The number of nitrogens with one attached hydrogen (secondary N) is 1. The molecule has 0 amide bonds. The highest BCUT2D eigenvalue weighted by Crippen LogP contribution is 2.44. The second kappa shape index (κ2) is 8.06. The summed E-state index contributed by atoms with van der Waals surface area (Å²) in [6, 6.07) is 10.4. The molecular formula is C22H21F2N3O4S. The number of aromatic carboxylic acids is 1. The average Bonchev–Trinajstić information content (AvgIpc) is 3.58. The van der Waals surface area contributed by atoms with Gasteiger partial charge < -0.3 is 10.0 Å². The lowest BCUT2D eigenvalue weighted by Crippen LogP contribution is -2.39. The summed E-state index contributed by atoms with van der Waals surface area (Å²) in [7, 11) is -4.21. The van der Waals surface area contributed by atoms with Crippen LogP contribution >= 0.6 is 0 Å². The van der Waals surface area contributed by atoms with Crippen LogP contribution in [0.2, 0.25) is 0 Å². The van der Waals surface area contributed by atoms with Crippen LogP contribution in [0.5, 0.6) is 0 Å². The maximum Gasteiger partial charge on any atom is 0.335 e. The molecule has 1 aliphatic heterocycles. The van der Waals surface area contributed by atoms with E-state index in [0.717, 1.165) is 18.9 Å². The first-order valence-corrected chi connectivity index (χ1v) is 11.6. The number of alkyl halides is 2. The van der Waals surface area contributed by atoms with Gasteiger partial charge in [-0.1, -0.05) is 6.07 Å². The molecule has 1 heterocycles. The number of hydrogen-bond acceptors (Lipinski definition) is 5. The number of benzene rings is 2. The van der Waals surface area contributed by atoms with Gasteiger partial charge in [0.1, 0.15) is 0 Å². The number of nitrogens with zero attached hydrogens (tertiary/aromatic N) is 2. The van der Waals surface area contributed by atoms with Gasteiger partial charge in [0.15, 0.2) is 0 Å². The number of nitriles is 1. The Morgan fingerprint density at radius 3 is 2.44 bits per heavy atom. The lowest BCUT2D eigenvalue weighted by molar-refractivity contribution is -0.0220. The standard InChI is InChI=1S/C22H21F2N3O4S/c23-22(24)7-9-27(10-8-22)19-6-1-14(13-25)11-18(19)26-32(30,31)20-12-16(21(28)29)4-5-17(20)15-2-3-15/h1,4-6,11-12,15,26H,2-3,7-10H2,(H,28,29). The van der Waals surface area contributed by atoms with Crippen molar-refractivity contribution < 1.29 is 27.1 Å². The minimum Gasteiger partial charge on any atom is -0.478 e. The highest BCUT2D eigenvalue weighted by Gasteiger charge is 2.35. The molecule has 1 aliphatic carbocycles. The van der Waals surface area contributed by atoms with Gasteiger partial charge in [0, 0.05) is 25.9 Å². The third-order valence-corrected chi connectivity index (χ3v) is 7.19. The Bertz CT molecular complexity index is 1210. The van der Waals surface area contributed by atoms with E-state index in [-0.39, 0.29) is 53.6 Å². The number of piperidine rings is 1. The SMILES string of the molecule is N#Cc1ccc(N2CCC(F)(F)CC2)c(NS(=O)(=O)c2cc(C(=O)O)ccc2C2CC2)c1. The van der Waals surface area contributed by atoms with E-state index in [4.69, 9.17) is 0 Å². The second-order valence-electron chi connectivity index (χ2n) is 8.12. The van der Waals surface area contributed by atoms with Crippen molar-refractivity contribution in [2.45, 2.75) is 42.4 Å². The lowest BCUT2D eigenvalue weighted by Gasteiger charge is -2.34. The number of hydrogen-bond donors (Lipinski definition) is 2.